The SMILES string of the molecule is O=C(O)N[C@@H]1CCCC[C@@H]1c1nc2cc(Br)sc2c(=O)[nH]1. The Morgan fingerprint density at radius 1 is 1.48 bits per heavy atom. The second kappa shape index (κ2) is 5.76. The average molecular weight is 372 g/mol. The van der Waals surface area contributed by atoms with Gasteiger partial charge in [-0.05, 0) is 34.8 Å². The normalized spacial score (nSPS) is 22.3. The van der Waals surface area contributed by atoms with Crippen molar-refractivity contribution in [2.45, 2.75) is 37.6 Å². The van der Waals surface area contributed by atoms with Crippen LogP contribution in [0.3, 0.4) is 0 Å². The van der Waals surface area contributed by atoms with E-state index in [0.29, 0.717) is 16.0 Å². The highest BCUT2D eigenvalue weighted by Crippen LogP contribution is 2.32. The Morgan fingerprint density at radius 3 is 3.00 bits per heavy atom. The van der Waals surface area contributed by atoms with Crippen LogP contribution in [0, 0.1) is 0 Å². The number of nitrogens with one attached hydrogen (secondary N) is 2. The van der Waals surface area contributed by atoms with Gasteiger partial charge in [0.15, 0.2) is 0 Å². The first-order valence-corrected chi connectivity index (χ1v) is 8.34. The van der Waals surface area contributed by atoms with Crippen molar-refractivity contribution in [1.29, 1.82) is 0 Å². The molecule has 3 N–H and O–H groups in total. The maximum atomic E-state index is 12.1. The minimum Gasteiger partial charge on any atom is -0.465 e. The zero-order valence-corrected chi connectivity index (χ0v) is 13.5. The van der Waals surface area contributed by atoms with Gasteiger partial charge in [-0.1, -0.05) is 12.8 Å². The molecule has 0 aromatic carbocycles. The predicted molar refractivity (Wildman–Crippen MR) is 84.1 cm³/mol. The highest BCUT2D eigenvalue weighted by Gasteiger charge is 2.30. The third-order valence-electron chi connectivity index (χ3n) is 3.80. The maximum absolute atomic E-state index is 12.1. The van der Waals surface area contributed by atoms with Crippen molar-refractivity contribution >= 4 is 43.6 Å². The highest BCUT2D eigenvalue weighted by molar-refractivity contribution is 9.11. The number of aromatic amines is 1. The quantitative estimate of drug-likeness (QED) is 0.755. The largest absolute Gasteiger partial charge is 0.465 e. The van der Waals surface area contributed by atoms with E-state index in [2.05, 4.69) is 31.2 Å². The Labute approximate surface area is 132 Å². The lowest BCUT2D eigenvalue weighted by atomic mass is 9.84. The van der Waals surface area contributed by atoms with Gasteiger partial charge in [-0.2, -0.15) is 0 Å². The number of carboxylic acid groups (broad SMARTS) is 1. The fraction of sp³-hybridized carbons (Fsp3) is 0.462. The van der Waals surface area contributed by atoms with Crippen molar-refractivity contribution in [1.82, 2.24) is 15.3 Å². The Hall–Kier alpha value is -1.41. The molecule has 1 amide bonds. The molecule has 1 aliphatic carbocycles. The van der Waals surface area contributed by atoms with E-state index >= 15 is 0 Å². The van der Waals surface area contributed by atoms with Crippen LogP contribution in [0.4, 0.5) is 4.79 Å². The van der Waals surface area contributed by atoms with E-state index in [-0.39, 0.29) is 17.5 Å². The lowest BCUT2D eigenvalue weighted by Crippen LogP contribution is -2.41. The summed E-state index contributed by atoms with van der Waals surface area (Å²) in [6, 6.07) is 1.63. The van der Waals surface area contributed by atoms with Gasteiger partial charge in [0, 0.05) is 12.0 Å². The highest BCUT2D eigenvalue weighted by atomic mass is 79.9. The monoisotopic (exact) mass is 371 g/mol. The summed E-state index contributed by atoms with van der Waals surface area (Å²) < 4.78 is 1.45. The van der Waals surface area contributed by atoms with Gasteiger partial charge in [0.1, 0.15) is 10.5 Å². The number of nitrogens with zero attached hydrogens (tertiary/aromatic N) is 1. The predicted octanol–water partition coefficient (Wildman–Crippen LogP) is 3.04. The van der Waals surface area contributed by atoms with Crippen LogP contribution in [0.15, 0.2) is 14.6 Å². The lowest BCUT2D eigenvalue weighted by Gasteiger charge is -2.30. The molecule has 2 atom stereocenters. The number of halogens is 1. The van der Waals surface area contributed by atoms with Crippen molar-refractivity contribution in [2.75, 3.05) is 0 Å². The third kappa shape index (κ3) is 2.96. The van der Waals surface area contributed by atoms with Crippen LogP contribution in [0.2, 0.25) is 0 Å². The molecule has 3 rings (SSSR count). The first-order valence-electron chi connectivity index (χ1n) is 6.73. The van der Waals surface area contributed by atoms with E-state index in [1.807, 2.05) is 6.07 Å². The number of rotatable bonds is 2. The van der Waals surface area contributed by atoms with Crippen molar-refractivity contribution < 1.29 is 9.90 Å². The number of aromatic nitrogens is 2. The van der Waals surface area contributed by atoms with Gasteiger partial charge in [0.2, 0.25) is 0 Å². The van der Waals surface area contributed by atoms with Crippen LogP contribution in [-0.2, 0) is 0 Å². The molecule has 6 nitrogen and oxygen atoms in total. The molecule has 0 bridgehead atoms. The van der Waals surface area contributed by atoms with E-state index in [4.69, 9.17) is 5.11 Å². The molecule has 2 aromatic rings. The fourth-order valence-electron chi connectivity index (χ4n) is 2.89. The van der Waals surface area contributed by atoms with E-state index < -0.39 is 6.09 Å². The molecule has 0 aliphatic heterocycles. The van der Waals surface area contributed by atoms with Gasteiger partial charge in [0.05, 0.1) is 9.30 Å². The molecule has 2 heterocycles. The average Bonchev–Trinajstić information content (AvgIpc) is 2.80. The third-order valence-corrected chi connectivity index (χ3v) is 5.42. The zero-order valence-electron chi connectivity index (χ0n) is 11.1. The minimum atomic E-state index is -1.03. The van der Waals surface area contributed by atoms with Crippen LogP contribution in [0.1, 0.15) is 37.4 Å². The maximum Gasteiger partial charge on any atom is 0.404 e. The minimum absolute atomic E-state index is 0.0781. The Morgan fingerprint density at radius 2 is 2.24 bits per heavy atom. The summed E-state index contributed by atoms with van der Waals surface area (Å²) in [5, 5.41) is 11.5. The van der Waals surface area contributed by atoms with Crippen LogP contribution in [0.5, 0.6) is 0 Å². The summed E-state index contributed by atoms with van der Waals surface area (Å²) in [6.07, 6.45) is 2.56. The van der Waals surface area contributed by atoms with Gasteiger partial charge < -0.3 is 15.4 Å². The van der Waals surface area contributed by atoms with Crippen LogP contribution < -0.4 is 10.9 Å². The summed E-state index contributed by atoms with van der Waals surface area (Å²) in [5.41, 5.74) is 0.496. The zero-order chi connectivity index (χ0) is 15.0. The lowest BCUT2D eigenvalue weighted by molar-refractivity contribution is 0.182. The van der Waals surface area contributed by atoms with E-state index in [1.54, 1.807) is 0 Å². The number of fused-ring (bicyclic) bond motifs is 1. The van der Waals surface area contributed by atoms with E-state index in [9.17, 15) is 9.59 Å². The number of amides is 1. The number of thiophene rings is 1. The fourth-order valence-corrected chi connectivity index (χ4v) is 4.31. The molecule has 0 radical (unpaired) electrons. The van der Waals surface area contributed by atoms with Crippen molar-refractivity contribution in [3.8, 4) is 0 Å². The Kier molecular flexibility index (Phi) is 3.99. The van der Waals surface area contributed by atoms with Gasteiger partial charge in [-0.25, -0.2) is 9.78 Å². The summed E-state index contributed by atoms with van der Waals surface area (Å²) in [7, 11) is 0. The Balaban J connectivity index is 2.00. The van der Waals surface area contributed by atoms with Crippen LogP contribution in [0.25, 0.3) is 10.2 Å². The van der Waals surface area contributed by atoms with E-state index in [0.717, 1.165) is 29.5 Å². The molecular weight excluding hydrogens is 358 g/mol. The second-order valence-corrected chi connectivity index (χ2v) is 7.59. The molecule has 0 spiro atoms. The summed E-state index contributed by atoms with van der Waals surface area (Å²) in [6.45, 7) is 0. The van der Waals surface area contributed by atoms with E-state index in [1.165, 1.54) is 11.3 Å². The van der Waals surface area contributed by atoms with Gasteiger partial charge in [-0.3, -0.25) is 4.79 Å². The molecule has 0 saturated heterocycles. The standard InChI is InChI=1S/C13H14BrN3O3S/c14-9-5-8-10(21-9)12(18)17-11(15-8)6-3-1-2-4-7(6)16-13(19)20/h5-7,16H,1-4H2,(H,19,20)(H,15,17,18)/t6-,7+/m0/s1. The van der Waals surface area contributed by atoms with Gasteiger partial charge in [0.25, 0.3) is 5.56 Å². The number of carbonyl (C=O) groups is 1. The molecule has 1 fully saturated rings. The van der Waals surface area contributed by atoms with Crippen molar-refractivity contribution in [3.05, 3.63) is 26.0 Å². The summed E-state index contributed by atoms with van der Waals surface area (Å²) in [4.78, 5) is 30.4. The molecule has 1 aliphatic rings. The topological polar surface area (TPSA) is 95.1 Å². The van der Waals surface area contributed by atoms with Crippen LogP contribution >= 0.6 is 27.3 Å². The molecule has 1 saturated carbocycles. The second-order valence-electron chi connectivity index (χ2n) is 5.16. The smallest absolute Gasteiger partial charge is 0.404 e. The van der Waals surface area contributed by atoms with Crippen molar-refractivity contribution in [3.63, 3.8) is 0 Å². The molecular formula is C13H14BrN3O3S. The molecule has 8 heteroatoms. The molecule has 21 heavy (non-hydrogen) atoms. The Bertz CT molecular complexity index is 742. The number of H-pyrrole nitrogens is 1. The van der Waals surface area contributed by atoms with Crippen molar-refractivity contribution in [2.24, 2.45) is 0 Å². The number of hydrogen-bond acceptors (Lipinski definition) is 4. The molecule has 0 unspecified atom stereocenters. The van der Waals surface area contributed by atoms with Gasteiger partial charge in [-0.15, -0.1) is 11.3 Å². The summed E-state index contributed by atoms with van der Waals surface area (Å²) in [5.74, 6) is 0.502. The van der Waals surface area contributed by atoms with Gasteiger partial charge >= 0.3 is 6.09 Å². The first-order chi connectivity index (χ1) is 10.0. The first kappa shape index (κ1) is 14.5. The van der Waals surface area contributed by atoms with Crippen LogP contribution in [-0.4, -0.2) is 27.2 Å². The summed E-state index contributed by atoms with van der Waals surface area (Å²) >= 11 is 4.71. The number of hydrogen-bond donors (Lipinski definition) is 3. The molecule has 112 valence electrons. The molecule has 2 aromatic heterocycles.